The molecule has 92 valence electrons. The van der Waals surface area contributed by atoms with Crippen LogP contribution in [0.4, 0.5) is 5.88 Å². The Morgan fingerprint density at radius 3 is 2.83 bits per heavy atom. The molecular weight excluding hydrogens is 230 g/mol. The molecule has 18 heavy (non-hydrogen) atoms. The Labute approximate surface area is 104 Å². The quantitative estimate of drug-likeness (QED) is 0.822. The maximum Gasteiger partial charge on any atom is 0.261 e. The first-order chi connectivity index (χ1) is 8.75. The van der Waals surface area contributed by atoms with E-state index in [1.165, 1.54) is 17.3 Å². The number of benzene rings is 1. The van der Waals surface area contributed by atoms with E-state index >= 15 is 0 Å². The summed E-state index contributed by atoms with van der Waals surface area (Å²) in [4.78, 5) is 14.0. The number of carbonyl (C=O) groups excluding carboxylic acids is 1. The van der Waals surface area contributed by atoms with Crippen LogP contribution in [0.25, 0.3) is 0 Å². The second kappa shape index (κ2) is 4.18. The van der Waals surface area contributed by atoms with E-state index in [0.717, 1.165) is 6.42 Å². The number of hydrogen-bond acceptors (Lipinski definition) is 4. The summed E-state index contributed by atoms with van der Waals surface area (Å²) in [6.07, 6.45) is 2.24. The van der Waals surface area contributed by atoms with Gasteiger partial charge in [0.15, 0.2) is 0 Å². The summed E-state index contributed by atoms with van der Waals surface area (Å²) in [5.74, 6) is -0.0397. The van der Waals surface area contributed by atoms with Crippen molar-refractivity contribution in [3.63, 3.8) is 0 Å². The van der Waals surface area contributed by atoms with Crippen molar-refractivity contribution in [2.75, 3.05) is 12.3 Å². The van der Waals surface area contributed by atoms with Crippen LogP contribution in [0.5, 0.6) is 0 Å². The van der Waals surface area contributed by atoms with Gasteiger partial charge in [-0.15, -0.1) is 0 Å². The van der Waals surface area contributed by atoms with E-state index in [1.54, 1.807) is 4.90 Å². The molecule has 1 aromatic carbocycles. The Kier molecular flexibility index (Phi) is 2.51. The molecule has 0 saturated heterocycles. The third-order valence-corrected chi connectivity index (χ3v) is 3.25. The lowest BCUT2D eigenvalue weighted by Crippen LogP contribution is -2.36. The van der Waals surface area contributed by atoms with Crippen LogP contribution >= 0.6 is 0 Å². The smallest absolute Gasteiger partial charge is 0.261 e. The van der Waals surface area contributed by atoms with Gasteiger partial charge in [0.25, 0.3) is 5.91 Å². The lowest BCUT2D eigenvalue weighted by molar-refractivity contribution is 0.0735. The van der Waals surface area contributed by atoms with E-state index in [-0.39, 0.29) is 11.8 Å². The fourth-order valence-corrected chi connectivity index (χ4v) is 2.25. The summed E-state index contributed by atoms with van der Waals surface area (Å²) in [5.41, 5.74) is 8.40. The average molecular weight is 243 g/mol. The maximum absolute atomic E-state index is 12.2. The van der Waals surface area contributed by atoms with Crippen LogP contribution in [0, 0.1) is 0 Å². The van der Waals surface area contributed by atoms with Crippen molar-refractivity contribution in [3.8, 4) is 0 Å². The highest BCUT2D eigenvalue weighted by atomic mass is 16.5. The summed E-state index contributed by atoms with van der Waals surface area (Å²) < 4.78 is 4.73. The summed E-state index contributed by atoms with van der Waals surface area (Å²) in [6.45, 7) is 1.31. The molecule has 0 unspecified atom stereocenters. The third kappa shape index (κ3) is 1.73. The number of aromatic nitrogens is 1. The molecule has 0 atom stereocenters. The molecule has 1 amide bonds. The van der Waals surface area contributed by atoms with Gasteiger partial charge >= 0.3 is 0 Å². The van der Waals surface area contributed by atoms with Crippen molar-refractivity contribution in [2.24, 2.45) is 0 Å². The van der Waals surface area contributed by atoms with Gasteiger partial charge < -0.3 is 15.2 Å². The number of fused-ring (bicyclic) bond motifs is 1. The van der Waals surface area contributed by atoms with Crippen LogP contribution in [-0.4, -0.2) is 22.5 Å². The fraction of sp³-hybridized carbons (Fsp3) is 0.231. The standard InChI is InChI=1S/C13H13N3O2/c14-12-11(7-15-18-12)13(17)16-6-5-9-3-1-2-4-10(9)8-16/h1-4,7H,5-6,8,14H2. The molecule has 2 N–H and O–H groups in total. The Morgan fingerprint density at radius 2 is 2.11 bits per heavy atom. The molecule has 1 aliphatic heterocycles. The number of nitrogen functional groups attached to an aromatic ring is 1. The van der Waals surface area contributed by atoms with E-state index in [1.807, 2.05) is 18.2 Å². The molecule has 5 nitrogen and oxygen atoms in total. The molecule has 1 aromatic heterocycles. The average Bonchev–Trinajstić information content (AvgIpc) is 2.83. The lowest BCUT2D eigenvalue weighted by atomic mass is 9.99. The van der Waals surface area contributed by atoms with Gasteiger partial charge in [-0.1, -0.05) is 29.4 Å². The molecule has 1 aliphatic rings. The minimum atomic E-state index is -0.122. The minimum Gasteiger partial charge on any atom is -0.367 e. The van der Waals surface area contributed by atoms with E-state index < -0.39 is 0 Å². The van der Waals surface area contributed by atoms with Crippen molar-refractivity contribution in [1.29, 1.82) is 0 Å². The van der Waals surface area contributed by atoms with Gasteiger partial charge in [0, 0.05) is 13.1 Å². The summed E-state index contributed by atoms with van der Waals surface area (Å²) in [7, 11) is 0. The van der Waals surface area contributed by atoms with Crippen molar-refractivity contribution in [2.45, 2.75) is 13.0 Å². The van der Waals surface area contributed by atoms with Crippen LogP contribution < -0.4 is 5.73 Å². The normalized spacial score (nSPS) is 14.3. The van der Waals surface area contributed by atoms with Crippen LogP contribution in [-0.2, 0) is 13.0 Å². The summed E-state index contributed by atoms with van der Waals surface area (Å²) >= 11 is 0. The molecule has 3 rings (SSSR count). The number of hydrogen-bond donors (Lipinski definition) is 1. The number of nitrogens with two attached hydrogens (primary N) is 1. The second-order valence-electron chi connectivity index (χ2n) is 4.35. The largest absolute Gasteiger partial charge is 0.367 e. The zero-order chi connectivity index (χ0) is 12.5. The molecular formula is C13H13N3O2. The summed E-state index contributed by atoms with van der Waals surface area (Å²) in [5, 5.41) is 3.53. The Morgan fingerprint density at radius 1 is 1.33 bits per heavy atom. The Hall–Kier alpha value is -2.30. The molecule has 0 fully saturated rings. The van der Waals surface area contributed by atoms with Gasteiger partial charge in [-0.25, -0.2) is 0 Å². The molecule has 0 radical (unpaired) electrons. The number of rotatable bonds is 1. The fourth-order valence-electron chi connectivity index (χ4n) is 2.25. The monoisotopic (exact) mass is 243 g/mol. The van der Waals surface area contributed by atoms with E-state index in [9.17, 15) is 4.79 Å². The van der Waals surface area contributed by atoms with Crippen molar-refractivity contribution in [1.82, 2.24) is 10.1 Å². The van der Waals surface area contributed by atoms with Crippen LogP contribution in [0.15, 0.2) is 35.0 Å². The Balaban J connectivity index is 1.84. The second-order valence-corrected chi connectivity index (χ2v) is 4.35. The molecule has 0 spiro atoms. The summed E-state index contributed by atoms with van der Waals surface area (Å²) in [6, 6.07) is 8.16. The van der Waals surface area contributed by atoms with Gasteiger partial charge in [-0.2, -0.15) is 0 Å². The van der Waals surface area contributed by atoms with Gasteiger partial charge in [-0.05, 0) is 17.5 Å². The van der Waals surface area contributed by atoms with E-state index in [2.05, 4.69) is 11.2 Å². The number of carbonyl (C=O) groups is 1. The van der Waals surface area contributed by atoms with Gasteiger partial charge in [0.2, 0.25) is 5.88 Å². The van der Waals surface area contributed by atoms with Gasteiger partial charge in [-0.3, -0.25) is 4.79 Å². The van der Waals surface area contributed by atoms with Crippen LogP contribution in [0.1, 0.15) is 21.5 Å². The van der Waals surface area contributed by atoms with E-state index in [0.29, 0.717) is 18.7 Å². The van der Waals surface area contributed by atoms with Crippen molar-refractivity contribution in [3.05, 3.63) is 47.2 Å². The van der Waals surface area contributed by atoms with Crippen molar-refractivity contribution >= 4 is 11.8 Å². The van der Waals surface area contributed by atoms with Gasteiger partial charge in [0.05, 0.1) is 6.20 Å². The van der Waals surface area contributed by atoms with Crippen LogP contribution in [0.3, 0.4) is 0 Å². The first kappa shape index (κ1) is 10.8. The molecule has 2 aromatic rings. The van der Waals surface area contributed by atoms with E-state index in [4.69, 9.17) is 10.3 Å². The van der Waals surface area contributed by atoms with Gasteiger partial charge in [0.1, 0.15) is 5.56 Å². The SMILES string of the molecule is Nc1oncc1C(=O)N1CCc2ccccc2C1. The number of anilines is 1. The lowest BCUT2D eigenvalue weighted by Gasteiger charge is -2.28. The number of nitrogens with zero attached hydrogens (tertiary/aromatic N) is 2. The van der Waals surface area contributed by atoms with Crippen molar-refractivity contribution < 1.29 is 9.32 Å². The topological polar surface area (TPSA) is 72.4 Å². The highest BCUT2D eigenvalue weighted by Crippen LogP contribution is 2.21. The first-order valence-electron chi connectivity index (χ1n) is 5.82. The first-order valence-corrected chi connectivity index (χ1v) is 5.82. The predicted molar refractivity (Wildman–Crippen MR) is 65.8 cm³/mol. The zero-order valence-electron chi connectivity index (χ0n) is 9.80. The van der Waals surface area contributed by atoms with Crippen LogP contribution in [0.2, 0.25) is 0 Å². The molecule has 0 aliphatic carbocycles. The molecule has 0 saturated carbocycles. The number of amides is 1. The third-order valence-electron chi connectivity index (χ3n) is 3.25. The highest BCUT2D eigenvalue weighted by Gasteiger charge is 2.24. The maximum atomic E-state index is 12.2. The highest BCUT2D eigenvalue weighted by molar-refractivity contribution is 5.97. The molecule has 5 heteroatoms. The molecule has 0 bridgehead atoms. The Bertz CT molecular complexity index is 591. The molecule has 2 heterocycles. The minimum absolute atomic E-state index is 0.0823. The predicted octanol–water partition coefficient (Wildman–Crippen LogP) is 1.46. The zero-order valence-corrected chi connectivity index (χ0v) is 9.80.